The highest BCUT2D eigenvalue weighted by Gasteiger charge is 2.09. The van der Waals surface area contributed by atoms with Crippen LogP contribution in [0.25, 0.3) is 33.9 Å². The Kier molecular flexibility index (Phi) is 2.42. The molecule has 0 fully saturated rings. The van der Waals surface area contributed by atoms with Gasteiger partial charge in [-0.2, -0.15) is 0 Å². The summed E-state index contributed by atoms with van der Waals surface area (Å²) < 4.78 is 11.2. The summed E-state index contributed by atoms with van der Waals surface area (Å²) in [5, 5.41) is 0. The fraction of sp³-hybridized carbons (Fsp3) is 0. The minimum atomic E-state index is 0.636. The molecule has 4 rings (SSSR count). The van der Waals surface area contributed by atoms with Crippen LogP contribution in [-0.2, 0) is 0 Å². The van der Waals surface area contributed by atoms with Crippen molar-refractivity contribution in [3.63, 3.8) is 0 Å². The number of furan rings is 1. The summed E-state index contributed by atoms with van der Waals surface area (Å²) in [6, 6.07) is 19.6. The van der Waals surface area contributed by atoms with Crippen molar-refractivity contribution in [2.24, 2.45) is 0 Å². The first-order chi connectivity index (χ1) is 9.90. The zero-order valence-corrected chi connectivity index (χ0v) is 10.6. The molecule has 3 nitrogen and oxygen atoms in total. The van der Waals surface area contributed by atoms with E-state index in [-0.39, 0.29) is 0 Å². The molecule has 0 bridgehead atoms. The maximum atomic E-state index is 5.78. The van der Waals surface area contributed by atoms with Crippen LogP contribution >= 0.6 is 0 Å². The van der Waals surface area contributed by atoms with E-state index in [0.29, 0.717) is 5.89 Å². The quantitative estimate of drug-likeness (QED) is 0.522. The number of rotatable bonds is 2. The fourth-order valence-corrected chi connectivity index (χ4v) is 2.23. The number of hydrogen-bond donors (Lipinski definition) is 0. The van der Waals surface area contributed by atoms with Crippen LogP contribution in [0, 0.1) is 0 Å². The van der Waals surface area contributed by atoms with Gasteiger partial charge in [0, 0.05) is 11.1 Å². The Bertz CT molecular complexity index is 845. The summed E-state index contributed by atoms with van der Waals surface area (Å²) in [7, 11) is 0. The van der Waals surface area contributed by atoms with Crippen LogP contribution in [0.4, 0.5) is 0 Å². The van der Waals surface area contributed by atoms with E-state index in [4.69, 9.17) is 8.83 Å². The number of hydrogen-bond acceptors (Lipinski definition) is 3. The lowest BCUT2D eigenvalue weighted by Gasteiger charge is -1.94. The lowest BCUT2D eigenvalue weighted by molar-refractivity contribution is 0.582. The van der Waals surface area contributed by atoms with E-state index in [1.165, 1.54) is 0 Å². The van der Waals surface area contributed by atoms with Gasteiger partial charge < -0.3 is 8.83 Å². The predicted octanol–water partition coefficient (Wildman–Crippen LogP) is 4.75. The van der Waals surface area contributed by atoms with E-state index in [0.717, 1.165) is 28.0 Å². The summed E-state index contributed by atoms with van der Waals surface area (Å²) in [5.74, 6) is 1.47. The van der Waals surface area contributed by atoms with Gasteiger partial charge in [0.2, 0.25) is 5.89 Å². The molecular formula is C17H11NO2. The number of nitrogens with zero attached hydrogens (tertiary/aromatic N) is 1. The van der Waals surface area contributed by atoms with Gasteiger partial charge in [0.1, 0.15) is 11.3 Å². The summed E-state index contributed by atoms with van der Waals surface area (Å²) in [6.45, 7) is 0. The predicted molar refractivity (Wildman–Crippen MR) is 77.1 cm³/mol. The highest BCUT2D eigenvalue weighted by Crippen LogP contribution is 2.28. The lowest BCUT2D eigenvalue weighted by atomic mass is 10.1. The standard InChI is InChI=1S/C17H11NO2/c1-2-5-12(6-3-1)17-18-14-11-13(8-9-16(14)20-17)15-7-4-10-19-15/h1-11H. The van der Waals surface area contributed by atoms with Crippen molar-refractivity contribution in [2.75, 3.05) is 0 Å². The second kappa shape index (κ2) is 4.38. The van der Waals surface area contributed by atoms with Gasteiger partial charge in [0.25, 0.3) is 0 Å². The summed E-state index contributed by atoms with van der Waals surface area (Å²) in [5.41, 5.74) is 3.58. The minimum Gasteiger partial charge on any atom is -0.464 e. The van der Waals surface area contributed by atoms with Crippen LogP contribution in [0.15, 0.2) is 75.8 Å². The van der Waals surface area contributed by atoms with Crippen LogP contribution in [0.3, 0.4) is 0 Å². The smallest absolute Gasteiger partial charge is 0.227 e. The Morgan fingerprint density at radius 3 is 2.50 bits per heavy atom. The molecule has 2 aromatic carbocycles. The fourth-order valence-electron chi connectivity index (χ4n) is 2.23. The Hall–Kier alpha value is -2.81. The molecule has 0 aliphatic carbocycles. The molecule has 0 saturated carbocycles. The molecule has 0 atom stereocenters. The second-order valence-corrected chi connectivity index (χ2v) is 4.54. The topological polar surface area (TPSA) is 39.2 Å². The van der Waals surface area contributed by atoms with Gasteiger partial charge in [-0.15, -0.1) is 0 Å². The van der Waals surface area contributed by atoms with E-state index in [9.17, 15) is 0 Å². The van der Waals surface area contributed by atoms with Crippen molar-refractivity contribution in [3.05, 3.63) is 66.9 Å². The maximum Gasteiger partial charge on any atom is 0.227 e. The SMILES string of the molecule is c1ccc(-c2nc3cc(-c4ccco4)ccc3o2)cc1. The summed E-state index contributed by atoms with van der Waals surface area (Å²) in [4.78, 5) is 4.55. The molecule has 2 aromatic heterocycles. The molecule has 20 heavy (non-hydrogen) atoms. The Morgan fingerprint density at radius 1 is 0.800 bits per heavy atom. The Balaban J connectivity index is 1.84. The van der Waals surface area contributed by atoms with Gasteiger partial charge in [-0.05, 0) is 42.5 Å². The highest BCUT2D eigenvalue weighted by molar-refractivity contribution is 5.81. The van der Waals surface area contributed by atoms with Crippen molar-refractivity contribution in [1.29, 1.82) is 0 Å². The summed E-state index contributed by atoms with van der Waals surface area (Å²) in [6.07, 6.45) is 1.66. The minimum absolute atomic E-state index is 0.636. The molecule has 2 heterocycles. The van der Waals surface area contributed by atoms with Crippen LogP contribution < -0.4 is 0 Å². The first kappa shape index (κ1) is 11.1. The molecule has 4 aromatic rings. The van der Waals surface area contributed by atoms with E-state index in [1.807, 2.05) is 60.7 Å². The van der Waals surface area contributed by atoms with Gasteiger partial charge >= 0.3 is 0 Å². The van der Waals surface area contributed by atoms with Crippen molar-refractivity contribution >= 4 is 11.1 Å². The van der Waals surface area contributed by atoms with Crippen LogP contribution in [0.2, 0.25) is 0 Å². The van der Waals surface area contributed by atoms with E-state index < -0.39 is 0 Å². The van der Waals surface area contributed by atoms with E-state index in [2.05, 4.69) is 4.98 Å². The van der Waals surface area contributed by atoms with Gasteiger partial charge in [0.05, 0.1) is 6.26 Å². The van der Waals surface area contributed by atoms with Gasteiger partial charge in [-0.1, -0.05) is 18.2 Å². The lowest BCUT2D eigenvalue weighted by Crippen LogP contribution is -1.76. The average Bonchev–Trinajstić information content (AvgIpc) is 3.16. The maximum absolute atomic E-state index is 5.78. The zero-order valence-electron chi connectivity index (χ0n) is 10.6. The number of fused-ring (bicyclic) bond motifs is 1. The van der Waals surface area contributed by atoms with Crippen LogP contribution in [0.1, 0.15) is 0 Å². The molecule has 3 heteroatoms. The molecule has 0 radical (unpaired) electrons. The molecular weight excluding hydrogens is 250 g/mol. The normalized spacial score (nSPS) is 11.0. The second-order valence-electron chi connectivity index (χ2n) is 4.54. The van der Waals surface area contributed by atoms with E-state index in [1.54, 1.807) is 6.26 Å². The van der Waals surface area contributed by atoms with E-state index >= 15 is 0 Å². The van der Waals surface area contributed by atoms with Crippen molar-refractivity contribution < 1.29 is 8.83 Å². The van der Waals surface area contributed by atoms with Crippen molar-refractivity contribution in [1.82, 2.24) is 4.98 Å². The molecule has 0 unspecified atom stereocenters. The molecule has 0 aliphatic heterocycles. The highest BCUT2D eigenvalue weighted by atomic mass is 16.3. The third kappa shape index (κ3) is 1.80. The molecule has 0 amide bonds. The number of benzene rings is 2. The number of aromatic nitrogens is 1. The number of oxazole rings is 1. The van der Waals surface area contributed by atoms with Gasteiger partial charge in [-0.25, -0.2) is 4.98 Å². The third-order valence-corrected chi connectivity index (χ3v) is 3.21. The average molecular weight is 261 g/mol. The Labute approximate surface area is 115 Å². The summed E-state index contributed by atoms with van der Waals surface area (Å²) >= 11 is 0. The molecule has 0 N–H and O–H groups in total. The Morgan fingerprint density at radius 2 is 1.70 bits per heavy atom. The monoisotopic (exact) mass is 261 g/mol. The molecule has 0 saturated heterocycles. The largest absolute Gasteiger partial charge is 0.464 e. The van der Waals surface area contributed by atoms with Crippen molar-refractivity contribution in [2.45, 2.75) is 0 Å². The van der Waals surface area contributed by atoms with Crippen molar-refractivity contribution in [3.8, 4) is 22.8 Å². The van der Waals surface area contributed by atoms with Crippen LogP contribution in [0.5, 0.6) is 0 Å². The van der Waals surface area contributed by atoms with Gasteiger partial charge in [0.15, 0.2) is 5.58 Å². The molecule has 0 spiro atoms. The zero-order chi connectivity index (χ0) is 13.4. The molecule has 0 aliphatic rings. The van der Waals surface area contributed by atoms with Gasteiger partial charge in [-0.3, -0.25) is 0 Å². The third-order valence-electron chi connectivity index (χ3n) is 3.21. The molecule has 96 valence electrons. The van der Waals surface area contributed by atoms with Crippen LogP contribution in [-0.4, -0.2) is 4.98 Å². The first-order valence-electron chi connectivity index (χ1n) is 6.40. The first-order valence-corrected chi connectivity index (χ1v) is 6.40.